The standard InChI is InChI=1S/C27H45N/c1-3-5-6-7-16-27(19-28)17-15-23-21(18-27)11-12-26-24-10-8-9-20(4-2)22(24)13-14-25(23)26/h20-26H,3-18H2,1-2H3. The summed E-state index contributed by atoms with van der Waals surface area (Å²) < 4.78 is 0. The van der Waals surface area contributed by atoms with Gasteiger partial charge in [-0.1, -0.05) is 58.8 Å². The highest BCUT2D eigenvalue weighted by Gasteiger charge is 2.52. The van der Waals surface area contributed by atoms with Gasteiger partial charge in [-0.05, 0) is 99.2 Å². The van der Waals surface area contributed by atoms with E-state index in [1.807, 2.05) is 0 Å². The second-order valence-electron chi connectivity index (χ2n) is 11.3. The largest absolute Gasteiger partial charge is 0.198 e. The summed E-state index contributed by atoms with van der Waals surface area (Å²) in [5.41, 5.74) is 0.0388. The Kier molecular flexibility index (Phi) is 6.74. The SMILES string of the molecule is CCCCCCC1(C#N)CCC2C(CCC3C4CCCC(CC)C4CCC23)C1. The molecule has 0 radical (unpaired) electrons. The average molecular weight is 384 g/mol. The van der Waals surface area contributed by atoms with E-state index in [2.05, 4.69) is 19.9 Å². The molecular formula is C27H45N. The molecule has 0 aliphatic heterocycles. The molecule has 4 aliphatic rings. The molecule has 0 aromatic rings. The van der Waals surface area contributed by atoms with E-state index in [9.17, 15) is 5.26 Å². The smallest absolute Gasteiger partial charge is 0.0689 e. The van der Waals surface area contributed by atoms with Crippen LogP contribution < -0.4 is 0 Å². The minimum atomic E-state index is 0.0388. The predicted octanol–water partition coefficient (Wildman–Crippen LogP) is 8.15. The fraction of sp³-hybridized carbons (Fsp3) is 0.963. The molecule has 8 unspecified atom stereocenters. The maximum Gasteiger partial charge on any atom is 0.0689 e. The first kappa shape index (κ1) is 20.8. The first-order chi connectivity index (χ1) is 13.7. The van der Waals surface area contributed by atoms with Crippen LogP contribution in [0.4, 0.5) is 0 Å². The summed E-state index contributed by atoms with van der Waals surface area (Å²) >= 11 is 0. The zero-order valence-corrected chi connectivity index (χ0v) is 18.8. The molecule has 0 bridgehead atoms. The van der Waals surface area contributed by atoms with E-state index in [1.165, 1.54) is 96.3 Å². The summed E-state index contributed by atoms with van der Waals surface area (Å²) in [5, 5.41) is 10.1. The first-order valence-electron chi connectivity index (χ1n) is 13.1. The van der Waals surface area contributed by atoms with Crippen molar-refractivity contribution in [1.82, 2.24) is 0 Å². The third-order valence-electron chi connectivity index (χ3n) is 10.1. The van der Waals surface area contributed by atoms with Gasteiger partial charge in [-0.25, -0.2) is 0 Å². The van der Waals surface area contributed by atoms with Crippen LogP contribution in [0.15, 0.2) is 0 Å². The van der Waals surface area contributed by atoms with E-state index in [4.69, 9.17) is 0 Å². The molecule has 1 nitrogen and oxygen atoms in total. The Morgan fingerprint density at radius 1 is 0.786 bits per heavy atom. The zero-order chi connectivity index (χ0) is 19.6. The Morgan fingerprint density at radius 2 is 1.54 bits per heavy atom. The van der Waals surface area contributed by atoms with E-state index >= 15 is 0 Å². The molecule has 4 rings (SSSR count). The van der Waals surface area contributed by atoms with Gasteiger partial charge in [0.05, 0.1) is 11.5 Å². The lowest BCUT2D eigenvalue weighted by molar-refractivity contribution is -0.0711. The summed E-state index contributed by atoms with van der Waals surface area (Å²) in [7, 11) is 0. The minimum absolute atomic E-state index is 0.0388. The summed E-state index contributed by atoms with van der Waals surface area (Å²) in [6.07, 6.45) is 22.3. The summed E-state index contributed by atoms with van der Waals surface area (Å²) in [4.78, 5) is 0. The maximum absolute atomic E-state index is 10.1. The molecule has 4 aliphatic carbocycles. The molecule has 0 N–H and O–H groups in total. The minimum Gasteiger partial charge on any atom is -0.198 e. The van der Waals surface area contributed by atoms with Crippen LogP contribution in [-0.2, 0) is 0 Å². The highest BCUT2D eigenvalue weighted by molar-refractivity contribution is 5.07. The van der Waals surface area contributed by atoms with E-state index in [0.29, 0.717) is 0 Å². The fourth-order valence-corrected chi connectivity index (χ4v) is 8.75. The lowest BCUT2D eigenvalue weighted by Crippen LogP contribution is -2.49. The molecule has 28 heavy (non-hydrogen) atoms. The highest BCUT2D eigenvalue weighted by atomic mass is 14.6. The lowest BCUT2D eigenvalue weighted by atomic mass is 9.48. The summed E-state index contributed by atoms with van der Waals surface area (Å²) in [6, 6.07) is 2.86. The second kappa shape index (κ2) is 9.10. The van der Waals surface area contributed by atoms with Gasteiger partial charge in [0.2, 0.25) is 0 Å². The van der Waals surface area contributed by atoms with Crippen LogP contribution >= 0.6 is 0 Å². The number of nitriles is 1. The van der Waals surface area contributed by atoms with Gasteiger partial charge in [0, 0.05) is 0 Å². The van der Waals surface area contributed by atoms with Gasteiger partial charge in [0.15, 0.2) is 0 Å². The van der Waals surface area contributed by atoms with Crippen molar-refractivity contribution in [2.24, 2.45) is 46.8 Å². The Morgan fingerprint density at radius 3 is 2.32 bits per heavy atom. The van der Waals surface area contributed by atoms with Crippen LogP contribution in [0.1, 0.15) is 117 Å². The number of hydrogen-bond acceptors (Lipinski definition) is 1. The van der Waals surface area contributed by atoms with Gasteiger partial charge in [-0.15, -0.1) is 0 Å². The van der Waals surface area contributed by atoms with Crippen molar-refractivity contribution < 1.29 is 0 Å². The van der Waals surface area contributed by atoms with Gasteiger partial charge in [0.1, 0.15) is 0 Å². The Hall–Kier alpha value is -0.510. The molecule has 0 saturated heterocycles. The van der Waals surface area contributed by atoms with Crippen molar-refractivity contribution in [3.8, 4) is 6.07 Å². The van der Waals surface area contributed by atoms with Gasteiger partial charge in [-0.2, -0.15) is 5.26 Å². The van der Waals surface area contributed by atoms with Crippen molar-refractivity contribution in [2.45, 2.75) is 117 Å². The second-order valence-corrected chi connectivity index (χ2v) is 11.3. The van der Waals surface area contributed by atoms with Gasteiger partial charge in [-0.3, -0.25) is 0 Å². The normalized spacial score (nSPS) is 45.4. The van der Waals surface area contributed by atoms with E-state index in [1.54, 1.807) is 6.42 Å². The van der Waals surface area contributed by atoms with Crippen LogP contribution in [-0.4, -0.2) is 0 Å². The van der Waals surface area contributed by atoms with E-state index < -0.39 is 0 Å². The highest BCUT2D eigenvalue weighted by Crippen LogP contribution is 2.60. The maximum atomic E-state index is 10.1. The van der Waals surface area contributed by atoms with Crippen LogP contribution in [0.25, 0.3) is 0 Å². The zero-order valence-electron chi connectivity index (χ0n) is 18.8. The van der Waals surface area contributed by atoms with Crippen molar-refractivity contribution in [3.05, 3.63) is 0 Å². The van der Waals surface area contributed by atoms with E-state index in [-0.39, 0.29) is 5.41 Å². The number of hydrogen-bond donors (Lipinski definition) is 0. The molecule has 0 aromatic carbocycles. The molecule has 0 spiro atoms. The Labute approximate surface area is 175 Å². The lowest BCUT2D eigenvalue weighted by Gasteiger charge is -2.57. The molecular weight excluding hydrogens is 338 g/mol. The average Bonchev–Trinajstić information content (AvgIpc) is 2.75. The summed E-state index contributed by atoms with van der Waals surface area (Å²) in [6.45, 7) is 4.73. The number of unbranched alkanes of at least 4 members (excludes halogenated alkanes) is 3. The molecule has 0 aromatic heterocycles. The van der Waals surface area contributed by atoms with E-state index in [0.717, 1.165) is 41.4 Å². The topological polar surface area (TPSA) is 23.8 Å². The number of nitrogens with zero attached hydrogens (tertiary/aromatic N) is 1. The van der Waals surface area contributed by atoms with Crippen molar-refractivity contribution >= 4 is 0 Å². The van der Waals surface area contributed by atoms with Crippen LogP contribution in [0, 0.1) is 58.2 Å². The quantitative estimate of drug-likeness (QED) is 0.424. The number of rotatable bonds is 6. The van der Waals surface area contributed by atoms with Gasteiger partial charge >= 0.3 is 0 Å². The molecule has 8 atom stereocenters. The molecule has 4 saturated carbocycles. The van der Waals surface area contributed by atoms with Crippen LogP contribution in [0.5, 0.6) is 0 Å². The molecule has 1 heteroatoms. The van der Waals surface area contributed by atoms with Crippen molar-refractivity contribution in [3.63, 3.8) is 0 Å². The molecule has 158 valence electrons. The van der Waals surface area contributed by atoms with Gasteiger partial charge < -0.3 is 0 Å². The summed E-state index contributed by atoms with van der Waals surface area (Å²) in [5.74, 6) is 7.09. The first-order valence-corrected chi connectivity index (χ1v) is 13.1. The third-order valence-corrected chi connectivity index (χ3v) is 10.1. The molecule has 0 heterocycles. The van der Waals surface area contributed by atoms with Crippen LogP contribution in [0.2, 0.25) is 0 Å². The third kappa shape index (κ3) is 3.91. The molecule has 0 amide bonds. The molecule has 4 fully saturated rings. The number of fused-ring (bicyclic) bond motifs is 5. The Bertz CT molecular complexity index is 547. The van der Waals surface area contributed by atoms with Crippen LogP contribution in [0.3, 0.4) is 0 Å². The monoisotopic (exact) mass is 383 g/mol. The van der Waals surface area contributed by atoms with Gasteiger partial charge in [0.25, 0.3) is 0 Å². The van der Waals surface area contributed by atoms with Crippen molar-refractivity contribution in [1.29, 1.82) is 5.26 Å². The Balaban J connectivity index is 1.40. The predicted molar refractivity (Wildman–Crippen MR) is 118 cm³/mol. The fourth-order valence-electron chi connectivity index (χ4n) is 8.75. The van der Waals surface area contributed by atoms with Crippen molar-refractivity contribution in [2.75, 3.05) is 0 Å².